The zero-order chi connectivity index (χ0) is 13.1. The van der Waals surface area contributed by atoms with E-state index in [1.54, 1.807) is 6.92 Å². The molecule has 0 heterocycles. The van der Waals surface area contributed by atoms with Crippen molar-refractivity contribution in [1.29, 1.82) is 0 Å². The highest BCUT2D eigenvalue weighted by atomic mass is 16.5. The molecule has 2 amide bonds. The minimum absolute atomic E-state index is 0.279. The molecule has 2 N–H and O–H groups in total. The van der Waals surface area contributed by atoms with Crippen molar-refractivity contribution in [2.24, 2.45) is 0 Å². The fourth-order valence-electron chi connectivity index (χ4n) is 1.18. The molecular weight excluding hydrogens is 224 g/mol. The lowest BCUT2D eigenvalue weighted by Gasteiger charge is -2.19. The SMILES string of the molecule is CCCCOCCNC(=O)N(CC)CC(=O)O. The Balaban J connectivity index is 3.64. The number of carboxylic acids is 1. The highest BCUT2D eigenvalue weighted by molar-refractivity contribution is 5.79. The molecule has 0 aromatic heterocycles. The molecule has 0 fully saturated rings. The van der Waals surface area contributed by atoms with Gasteiger partial charge >= 0.3 is 12.0 Å². The highest BCUT2D eigenvalue weighted by Gasteiger charge is 2.13. The minimum atomic E-state index is -1.01. The van der Waals surface area contributed by atoms with Crippen molar-refractivity contribution < 1.29 is 19.4 Å². The maximum atomic E-state index is 11.5. The predicted octanol–water partition coefficient (Wildman–Crippen LogP) is 0.919. The normalized spacial score (nSPS) is 10.0. The second-order valence-corrected chi connectivity index (χ2v) is 3.61. The van der Waals surface area contributed by atoms with E-state index in [1.807, 2.05) is 0 Å². The summed E-state index contributed by atoms with van der Waals surface area (Å²) in [7, 11) is 0. The number of carbonyl (C=O) groups is 2. The quantitative estimate of drug-likeness (QED) is 0.593. The fourth-order valence-corrected chi connectivity index (χ4v) is 1.18. The average molecular weight is 246 g/mol. The first kappa shape index (κ1) is 15.7. The standard InChI is InChI=1S/C11H22N2O4/c1-3-5-7-17-8-6-12-11(16)13(4-2)9-10(14)15/h3-9H2,1-2H3,(H,12,16)(H,14,15). The number of amides is 2. The van der Waals surface area contributed by atoms with Crippen LogP contribution < -0.4 is 5.32 Å². The molecule has 0 saturated heterocycles. The summed E-state index contributed by atoms with van der Waals surface area (Å²) in [5, 5.41) is 11.2. The summed E-state index contributed by atoms with van der Waals surface area (Å²) in [4.78, 5) is 23.2. The van der Waals surface area contributed by atoms with Gasteiger partial charge in [-0.2, -0.15) is 0 Å². The predicted molar refractivity (Wildman–Crippen MR) is 64.0 cm³/mol. The van der Waals surface area contributed by atoms with Crippen LogP contribution in [0, 0.1) is 0 Å². The molecule has 0 aromatic carbocycles. The summed E-state index contributed by atoms with van der Waals surface area (Å²) in [5.74, 6) is -1.01. The monoisotopic (exact) mass is 246 g/mol. The van der Waals surface area contributed by atoms with Crippen LogP contribution >= 0.6 is 0 Å². The first-order chi connectivity index (χ1) is 8.11. The van der Waals surface area contributed by atoms with Gasteiger partial charge in [0.1, 0.15) is 6.54 Å². The number of hydrogen-bond donors (Lipinski definition) is 2. The summed E-state index contributed by atoms with van der Waals surface area (Å²) in [6.07, 6.45) is 2.09. The molecule has 0 rings (SSSR count). The molecule has 17 heavy (non-hydrogen) atoms. The Morgan fingerprint density at radius 1 is 1.29 bits per heavy atom. The van der Waals surface area contributed by atoms with Crippen LogP contribution in [0.15, 0.2) is 0 Å². The van der Waals surface area contributed by atoms with Crippen LogP contribution in [0.3, 0.4) is 0 Å². The highest BCUT2D eigenvalue weighted by Crippen LogP contribution is 1.90. The van der Waals surface area contributed by atoms with E-state index >= 15 is 0 Å². The number of rotatable bonds is 9. The van der Waals surface area contributed by atoms with E-state index in [1.165, 1.54) is 4.90 Å². The average Bonchev–Trinajstić information content (AvgIpc) is 2.30. The van der Waals surface area contributed by atoms with E-state index in [-0.39, 0.29) is 12.6 Å². The van der Waals surface area contributed by atoms with E-state index in [2.05, 4.69) is 12.2 Å². The number of ether oxygens (including phenoxy) is 1. The third-order valence-electron chi connectivity index (χ3n) is 2.16. The molecule has 100 valence electrons. The molecule has 0 aliphatic rings. The maximum absolute atomic E-state index is 11.5. The van der Waals surface area contributed by atoms with Gasteiger partial charge in [0.15, 0.2) is 0 Å². The summed E-state index contributed by atoms with van der Waals surface area (Å²) in [6, 6.07) is -0.367. The number of unbranched alkanes of at least 4 members (excludes halogenated alkanes) is 1. The Kier molecular flexibility index (Phi) is 9.14. The number of carbonyl (C=O) groups excluding carboxylic acids is 1. The number of aliphatic carboxylic acids is 1. The summed E-state index contributed by atoms with van der Waals surface area (Å²) in [6.45, 7) is 5.46. The molecule has 0 atom stereocenters. The van der Waals surface area contributed by atoms with Crippen molar-refractivity contribution in [2.75, 3.05) is 32.8 Å². The largest absolute Gasteiger partial charge is 0.480 e. The molecule has 0 aromatic rings. The van der Waals surface area contributed by atoms with Gasteiger partial charge in [0.2, 0.25) is 0 Å². The Morgan fingerprint density at radius 2 is 2.00 bits per heavy atom. The summed E-state index contributed by atoms with van der Waals surface area (Å²) < 4.78 is 5.27. The van der Waals surface area contributed by atoms with Gasteiger partial charge in [0.05, 0.1) is 6.61 Å². The zero-order valence-corrected chi connectivity index (χ0v) is 10.6. The van der Waals surface area contributed by atoms with Crippen molar-refractivity contribution >= 4 is 12.0 Å². The zero-order valence-electron chi connectivity index (χ0n) is 10.6. The van der Waals surface area contributed by atoms with Crippen molar-refractivity contribution in [2.45, 2.75) is 26.7 Å². The molecule has 0 radical (unpaired) electrons. The van der Waals surface area contributed by atoms with Gasteiger partial charge in [-0.25, -0.2) is 4.79 Å². The number of nitrogens with zero attached hydrogens (tertiary/aromatic N) is 1. The van der Waals surface area contributed by atoms with Gasteiger partial charge in [0, 0.05) is 19.7 Å². The van der Waals surface area contributed by atoms with Crippen LogP contribution in [0.4, 0.5) is 4.79 Å². The van der Waals surface area contributed by atoms with Crippen molar-refractivity contribution in [3.8, 4) is 0 Å². The molecule has 0 unspecified atom stereocenters. The number of nitrogens with one attached hydrogen (secondary N) is 1. The van der Waals surface area contributed by atoms with Gasteiger partial charge in [-0.15, -0.1) is 0 Å². The van der Waals surface area contributed by atoms with Crippen LogP contribution in [0.2, 0.25) is 0 Å². The lowest BCUT2D eigenvalue weighted by Crippen LogP contribution is -2.43. The van der Waals surface area contributed by atoms with Crippen LogP contribution in [-0.4, -0.2) is 54.9 Å². The van der Waals surface area contributed by atoms with E-state index in [0.717, 1.165) is 12.8 Å². The second kappa shape index (κ2) is 9.89. The lowest BCUT2D eigenvalue weighted by atomic mass is 10.4. The van der Waals surface area contributed by atoms with E-state index < -0.39 is 5.97 Å². The smallest absolute Gasteiger partial charge is 0.323 e. The first-order valence-electron chi connectivity index (χ1n) is 5.94. The Bertz CT molecular complexity index is 234. The van der Waals surface area contributed by atoms with Crippen molar-refractivity contribution in [1.82, 2.24) is 10.2 Å². The van der Waals surface area contributed by atoms with E-state index in [0.29, 0.717) is 26.3 Å². The molecule has 0 aliphatic carbocycles. The van der Waals surface area contributed by atoms with Crippen LogP contribution in [-0.2, 0) is 9.53 Å². The summed E-state index contributed by atoms with van der Waals surface area (Å²) in [5.41, 5.74) is 0. The fraction of sp³-hybridized carbons (Fsp3) is 0.818. The maximum Gasteiger partial charge on any atom is 0.323 e. The van der Waals surface area contributed by atoms with Gasteiger partial charge in [-0.1, -0.05) is 13.3 Å². The number of carboxylic acid groups (broad SMARTS) is 1. The van der Waals surface area contributed by atoms with E-state index in [4.69, 9.17) is 9.84 Å². The number of hydrogen-bond acceptors (Lipinski definition) is 3. The van der Waals surface area contributed by atoms with Gasteiger partial charge < -0.3 is 20.1 Å². The van der Waals surface area contributed by atoms with Gasteiger partial charge in [-0.05, 0) is 13.3 Å². The lowest BCUT2D eigenvalue weighted by molar-refractivity contribution is -0.137. The molecular formula is C11H22N2O4. The van der Waals surface area contributed by atoms with Crippen LogP contribution in [0.1, 0.15) is 26.7 Å². The molecule has 0 bridgehead atoms. The Morgan fingerprint density at radius 3 is 2.53 bits per heavy atom. The topological polar surface area (TPSA) is 78.9 Å². The van der Waals surface area contributed by atoms with Crippen molar-refractivity contribution in [3.63, 3.8) is 0 Å². The van der Waals surface area contributed by atoms with E-state index in [9.17, 15) is 9.59 Å². The Hall–Kier alpha value is -1.30. The second-order valence-electron chi connectivity index (χ2n) is 3.61. The molecule has 0 spiro atoms. The molecule has 6 nitrogen and oxygen atoms in total. The number of urea groups is 1. The number of likely N-dealkylation sites (N-methyl/N-ethyl adjacent to an activating group) is 1. The van der Waals surface area contributed by atoms with Crippen molar-refractivity contribution in [3.05, 3.63) is 0 Å². The van der Waals surface area contributed by atoms with Gasteiger partial charge in [0.25, 0.3) is 0 Å². The van der Waals surface area contributed by atoms with Crippen LogP contribution in [0.5, 0.6) is 0 Å². The van der Waals surface area contributed by atoms with Gasteiger partial charge in [-0.3, -0.25) is 4.79 Å². The Labute approximate surface area is 102 Å². The molecule has 0 aliphatic heterocycles. The minimum Gasteiger partial charge on any atom is -0.480 e. The molecule has 0 saturated carbocycles. The van der Waals surface area contributed by atoms with Crippen LogP contribution in [0.25, 0.3) is 0 Å². The third-order valence-corrected chi connectivity index (χ3v) is 2.16. The molecule has 6 heteroatoms. The summed E-state index contributed by atoms with van der Waals surface area (Å²) >= 11 is 0. The third kappa shape index (κ3) is 8.50. The first-order valence-corrected chi connectivity index (χ1v) is 5.94.